The van der Waals surface area contributed by atoms with Crippen LogP contribution in [-0.2, 0) is 6.54 Å². The number of benzene rings is 1. The quantitative estimate of drug-likeness (QED) is 0.614. The van der Waals surface area contributed by atoms with Crippen LogP contribution in [0.25, 0.3) is 0 Å². The summed E-state index contributed by atoms with van der Waals surface area (Å²) in [5.74, 6) is 0.933. The van der Waals surface area contributed by atoms with E-state index in [2.05, 4.69) is 79.6 Å². The number of nitrogens with one attached hydrogen (secondary N) is 2. The minimum Gasteiger partial charge on any atom is -0.378 e. The third-order valence-corrected chi connectivity index (χ3v) is 4.82. The number of aliphatic imine (C=N–C) groups is 1. The minimum atomic E-state index is 0.518. The molecule has 1 fully saturated rings. The molecule has 0 aliphatic carbocycles. The van der Waals surface area contributed by atoms with Gasteiger partial charge in [0.25, 0.3) is 0 Å². The maximum Gasteiger partial charge on any atom is 0.191 e. The molecule has 5 nitrogen and oxygen atoms in total. The summed E-state index contributed by atoms with van der Waals surface area (Å²) in [5.41, 5.74) is 2.45. The first kappa shape index (κ1) is 19.6. The molecule has 1 aliphatic heterocycles. The van der Waals surface area contributed by atoms with Crippen molar-refractivity contribution in [3.63, 3.8) is 0 Å². The normalized spacial score (nSPS) is 17.0. The van der Waals surface area contributed by atoms with Gasteiger partial charge >= 0.3 is 0 Å². The first-order valence-electron chi connectivity index (χ1n) is 9.54. The fourth-order valence-corrected chi connectivity index (χ4v) is 3.14. The largest absolute Gasteiger partial charge is 0.378 e. The van der Waals surface area contributed by atoms with E-state index in [0.29, 0.717) is 18.6 Å². The standard InChI is InChI=1S/C20H35N5/c1-6-21-20(23-18-11-13-25(14-12-18)16(2)3)22-15-17-7-9-19(10-8-17)24(4)5/h7-10,16,18H,6,11-15H2,1-5H3,(H2,21,22,23). The molecule has 0 saturated carbocycles. The summed E-state index contributed by atoms with van der Waals surface area (Å²) in [6.07, 6.45) is 2.36. The maximum atomic E-state index is 4.77. The van der Waals surface area contributed by atoms with E-state index in [0.717, 1.165) is 12.5 Å². The molecule has 1 aliphatic rings. The number of nitrogens with zero attached hydrogens (tertiary/aromatic N) is 3. The lowest BCUT2D eigenvalue weighted by Crippen LogP contribution is -2.49. The molecule has 5 heteroatoms. The van der Waals surface area contributed by atoms with Crippen molar-refractivity contribution in [1.29, 1.82) is 0 Å². The lowest BCUT2D eigenvalue weighted by atomic mass is 10.0. The van der Waals surface area contributed by atoms with Crippen molar-refractivity contribution in [3.05, 3.63) is 29.8 Å². The molecule has 140 valence electrons. The second-order valence-electron chi connectivity index (χ2n) is 7.30. The number of likely N-dealkylation sites (tertiary alicyclic amines) is 1. The van der Waals surface area contributed by atoms with Crippen molar-refractivity contribution in [2.75, 3.05) is 38.6 Å². The van der Waals surface area contributed by atoms with Gasteiger partial charge in [0.15, 0.2) is 5.96 Å². The lowest BCUT2D eigenvalue weighted by molar-refractivity contribution is 0.167. The highest BCUT2D eigenvalue weighted by molar-refractivity contribution is 5.80. The molecule has 0 bridgehead atoms. The Kier molecular flexibility index (Phi) is 7.56. The van der Waals surface area contributed by atoms with E-state index in [4.69, 9.17) is 4.99 Å². The first-order valence-corrected chi connectivity index (χ1v) is 9.54. The van der Waals surface area contributed by atoms with Gasteiger partial charge < -0.3 is 20.4 Å². The number of hydrogen-bond donors (Lipinski definition) is 2. The molecule has 1 aromatic carbocycles. The SMILES string of the molecule is CCNC(=NCc1ccc(N(C)C)cc1)NC1CCN(C(C)C)CC1. The second-order valence-corrected chi connectivity index (χ2v) is 7.30. The highest BCUT2D eigenvalue weighted by Crippen LogP contribution is 2.14. The van der Waals surface area contributed by atoms with Gasteiger partial charge in [-0.1, -0.05) is 12.1 Å². The number of anilines is 1. The van der Waals surface area contributed by atoms with Crippen LogP contribution in [0.15, 0.2) is 29.3 Å². The average molecular weight is 346 g/mol. The van der Waals surface area contributed by atoms with Crippen LogP contribution in [-0.4, -0.2) is 56.7 Å². The van der Waals surface area contributed by atoms with Crippen LogP contribution >= 0.6 is 0 Å². The Morgan fingerprint density at radius 3 is 2.36 bits per heavy atom. The fourth-order valence-electron chi connectivity index (χ4n) is 3.14. The second kappa shape index (κ2) is 9.66. The molecule has 0 atom stereocenters. The molecule has 1 saturated heterocycles. The summed E-state index contributed by atoms with van der Waals surface area (Å²) < 4.78 is 0. The summed E-state index contributed by atoms with van der Waals surface area (Å²) in [4.78, 5) is 9.44. The molecule has 0 unspecified atom stereocenters. The average Bonchev–Trinajstić information content (AvgIpc) is 2.60. The molecule has 1 heterocycles. The molecule has 0 radical (unpaired) electrons. The van der Waals surface area contributed by atoms with Crippen LogP contribution in [0.1, 0.15) is 39.2 Å². The Bertz CT molecular complexity index is 528. The fraction of sp³-hybridized carbons (Fsp3) is 0.650. The van der Waals surface area contributed by atoms with E-state index in [1.54, 1.807) is 0 Å². The Labute approximate surface area is 153 Å². The van der Waals surface area contributed by atoms with Gasteiger partial charge in [0.2, 0.25) is 0 Å². The van der Waals surface area contributed by atoms with Gasteiger partial charge in [-0.2, -0.15) is 0 Å². The summed E-state index contributed by atoms with van der Waals surface area (Å²) in [7, 11) is 4.12. The Morgan fingerprint density at radius 2 is 1.84 bits per heavy atom. The van der Waals surface area contributed by atoms with Gasteiger partial charge in [-0.25, -0.2) is 4.99 Å². The summed E-state index contributed by atoms with van der Waals surface area (Å²) in [6, 6.07) is 9.77. The van der Waals surface area contributed by atoms with Crippen LogP contribution in [0.2, 0.25) is 0 Å². The van der Waals surface area contributed by atoms with Gasteiger partial charge in [0, 0.05) is 51.5 Å². The summed E-state index contributed by atoms with van der Waals surface area (Å²) in [6.45, 7) is 10.6. The predicted molar refractivity (Wildman–Crippen MR) is 108 cm³/mol. The number of hydrogen-bond acceptors (Lipinski definition) is 3. The van der Waals surface area contributed by atoms with Crippen molar-refractivity contribution in [3.8, 4) is 0 Å². The highest BCUT2D eigenvalue weighted by atomic mass is 15.2. The number of guanidine groups is 1. The highest BCUT2D eigenvalue weighted by Gasteiger charge is 2.21. The van der Waals surface area contributed by atoms with Crippen LogP contribution in [0.5, 0.6) is 0 Å². The molecular weight excluding hydrogens is 310 g/mol. The molecule has 25 heavy (non-hydrogen) atoms. The zero-order valence-corrected chi connectivity index (χ0v) is 16.5. The van der Waals surface area contributed by atoms with E-state index in [9.17, 15) is 0 Å². The van der Waals surface area contributed by atoms with Gasteiger partial charge in [-0.3, -0.25) is 0 Å². The number of rotatable bonds is 6. The van der Waals surface area contributed by atoms with Crippen LogP contribution in [0.4, 0.5) is 5.69 Å². The Hall–Kier alpha value is -1.75. The first-order chi connectivity index (χ1) is 12.0. The molecule has 1 aromatic rings. The smallest absolute Gasteiger partial charge is 0.191 e. The zero-order chi connectivity index (χ0) is 18.2. The summed E-state index contributed by atoms with van der Waals surface area (Å²) >= 11 is 0. The van der Waals surface area contributed by atoms with Gasteiger partial charge in [0.05, 0.1) is 6.54 Å². The van der Waals surface area contributed by atoms with Crippen LogP contribution < -0.4 is 15.5 Å². The van der Waals surface area contributed by atoms with Crippen molar-refractivity contribution < 1.29 is 0 Å². The molecule has 0 spiro atoms. The van der Waals surface area contributed by atoms with Crippen LogP contribution in [0.3, 0.4) is 0 Å². The van der Waals surface area contributed by atoms with E-state index in [1.807, 2.05) is 0 Å². The third kappa shape index (κ3) is 6.24. The van der Waals surface area contributed by atoms with Gasteiger partial charge in [0.1, 0.15) is 0 Å². The number of piperidine rings is 1. The van der Waals surface area contributed by atoms with E-state index >= 15 is 0 Å². The lowest BCUT2D eigenvalue weighted by Gasteiger charge is -2.35. The zero-order valence-electron chi connectivity index (χ0n) is 16.5. The molecule has 2 rings (SSSR count). The third-order valence-electron chi connectivity index (χ3n) is 4.82. The topological polar surface area (TPSA) is 42.9 Å². The van der Waals surface area contributed by atoms with E-state index in [1.165, 1.54) is 37.2 Å². The molecule has 0 aromatic heterocycles. The maximum absolute atomic E-state index is 4.77. The molecular formula is C20H35N5. The van der Waals surface area contributed by atoms with E-state index < -0.39 is 0 Å². The van der Waals surface area contributed by atoms with Crippen molar-refractivity contribution >= 4 is 11.6 Å². The van der Waals surface area contributed by atoms with Crippen LogP contribution in [0, 0.1) is 0 Å². The van der Waals surface area contributed by atoms with E-state index in [-0.39, 0.29) is 0 Å². The predicted octanol–water partition coefficient (Wildman–Crippen LogP) is 2.68. The van der Waals surface area contributed by atoms with Gasteiger partial charge in [-0.05, 0) is 51.3 Å². The summed E-state index contributed by atoms with van der Waals surface area (Å²) in [5, 5.41) is 7.00. The van der Waals surface area contributed by atoms with Crippen molar-refractivity contribution in [1.82, 2.24) is 15.5 Å². The van der Waals surface area contributed by atoms with Crippen molar-refractivity contribution in [2.24, 2.45) is 4.99 Å². The molecule has 0 amide bonds. The van der Waals surface area contributed by atoms with Crippen molar-refractivity contribution in [2.45, 2.75) is 52.2 Å². The molecule has 2 N–H and O–H groups in total. The Balaban J connectivity index is 1.90. The Morgan fingerprint density at radius 1 is 1.20 bits per heavy atom. The monoisotopic (exact) mass is 345 g/mol. The van der Waals surface area contributed by atoms with Gasteiger partial charge in [-0.15, -0.1) is 0 Å². The minimum absolute atomic E-state index is 0.518.